The summed E-state index contributed by atoms with van der Waals surface area (Å²) in [5.74, 6) is 1.68. The maximum absolute atomic E-state index is 11.9. The van der Waals surface area contributed by atoms with Crippen LogP contribution in [0.1, 0.15) is 32.3 Å². The van der Waals surface area contributed by atoms with Crippen LogP contribution in [0.4, 0.5) is 0 Å². The van der Waals surface area contributed by atoms with Crippen LogP contribution in [0.15, 0.2) is 52.0 Å². The molecule has 0 radical (unpaired) electrons. The Kier molecular flexibility index (Phi) is 9.34. The molecule has 0 atom stereocenters. The molecule has 2 aromatic rings. The van der Waals surface area contributed by atoms with Gasteiger partial charge >= 0.3 is 0 Å². The minimum absolute atomic E-state index is 0.123. The Balaban J connectivity index is 1.91. The molecule has 0 aromatic heterocycles. The monoisotopic (exact) mass is 448 g/mol. The van der Waals surface area contributed by atoms with E-state index in [9.17, 15) is 4.79 Å². The van der Waals surface area contributed by atoms with E-state index in [4.69, 9.17) is 14.2 Å². The van der Waals surface area contributed by atoms with Gasteiger partial charge in [0.1, 0.15) is 17.2 Å². The fourth-order valence-electron chi connectivity index (χ4n) is 2.15. The van der Waals surface area contributed by atoms with Gasteiger partial charge in [-0.2, -0.15) is 5.10 Å². The van der Waals surface area contributed by atoms with E-state index in [1.165, 1.54) is 0 Å². The van der Waals surface area contributed by atoms with Gasteiger partial charge in [0, 0.05) is 16.1 Å². The second-order valence-electron chi connectivity index (χ2n) is 5.93. The summed E-state index contributed by atoms with van der Waals surface area (Å²) in [7, 11) is 0. The van der Waals surface area contributed by atoms with Crippen LogP contribution >= 0.6 is 15.9 Å². The van der Waals surface area contributed by atoms with Crippen LogP contribution in [0.25, 0.3) is 0 Å². The molecule has 0 aliphatic heterocycles. The molecule has 0 unspecified atom stereocenters. The zero-order valence-electron chi connectivity index (χ0n) is 16.1. The lowest BCUT2D eigenvalue weighted by Crippen LogP contribution is -2.24. The van der Waals surface area contributed by atoms with Crippen molar-refractivity contribution in [2.45, 2.75) is 26.7 Å². The molecule has 7 heteroatoms. The first-order chi connectivity index (χ1) is 13.6. The number of hydrogen-bond acceptors (Lipinski definition) is 5. The Morgan fingerprint density at radius 3 is 2.39 bits per heavy atom. The van der Waals surface area contributed by atoms with Crippen LogP contribution in [-0.4, -0.2) is 31.9 Å². The highest BCUT2D eigenvalue weighted by Gasteiger charge is 2.06. The van der Waals surface area contributed by atoms with E-state index in [0.717, 1.165) is 28.6 Å². The van der Waals surface area contributed by atoms with Crippen LogP contribution in [0.5, 0.6) is 17.2 Å². The van der Waals surface area contributed by atoms with Crippen molar-refractivity contribution in [1.29, 1.82) is 0 Å². The molecule has 1 N–H and O–H groups in total. The number of halogens is 1. The van der Waals surface area contributed by atoms with Crippen molar-refractivity contribution in [3.05, 3.63) is 52.5 Å². The molecule has 6 nitrogen and oxygen atoms in total. The van der Waals surface area contributed by atoms with E-state index in [-0.39, 0.29) is 12.5 Å². The largest absolute Gasteiger partial charge is 0.493 e. The highest BCUT2D eigenvalue weighted by Crippen LogP contribution is 2.24. The number of carbonyl (C=O) groups is 1. The van der Waals surface area contributed by atoms with Crippen LogP contribution in [0, 0.1) is 0 Å². The molecule has 0 aliphatic carbocycles. The maximum atomic E-state index is 11.9. The molecule has 1 amide bonds. The van der Waals surface area contributed by atoms with Crippen molar-refractivity contribution >= 4 is 28.1 Å². The van der Waals surface area contributed by atoms with Gasteiger partial charge in [-0.25, -0.2) is 5.43 Å². The minimum Gasteiger partial charge on any atom is -0.493 e. The Labute approximate surface area is 174 Å². The van der Waals surface area contributed by atoms with E-state index in [2.05, 4.69) is 33.4 Å². The lowest BCUT2D eigenvalue weighted by Gasteiger charge is -2.11. The van der Waals surface area contributed by atoms with Gasteiger partial charge in [-0.05, 0) is 49.2 Å². The van der Waals surface area contributed by atoms with E-state index in [1.807, 2.05) is 37.3 Å². The van der Waals surface area contributed by atoms with E-state index in [0.29, 0.717) is 24.7 Å². The summed E-state index contributed by atoms with van der Waals surface area (Å²) < 4.78 is 17.8. The third-order valence-electron chi connectivity index (χ3n) is 3.50. The Hall–Kier alpha value is -2.54. The van der Waals surface area contributed by atoms with Gasteiger partial charge in [-0.15, -0.1) is 0 Å². The predicted octanol–water partition coefficient (Wildman–Crippen LogP) is 4.56. The van der Waals surface area contributed by atoms with Gasteiger partial charge in [0.2, 0.25) is 0 Å². The van der Waals surface area contributed by atoms with Gasteiger partial charge in [0.25, 0.3) is 5.91 Å². The second-order valence-corrected chi connectivity index (χ2v) is 6.85. The van der Waals surface area contributed by atoms with Crippen molar-refractivity contribution in [1.82, 2.24) is 5.43 Å². The van der Waals surface area contributed by atoms with Crippen LogP contribution < -0.4 is 19.6 Å². The summed E-state index contributed by atoms with van der Waals surface area (Å²) in [4.78, 5) is 11.9. The average molecular weight is 449 g/mol. The van der Waals surface area contributed by atoms with Crippen molar-refractivity contribution < 1.29 is 19.0 Å². The number of ether oxygens (including phenoxy) is 3. The van der Waals surface area contributed by atoms with Crippen molar-refractivity contribution in [2.75, 3.05) is 19.8 Å². The maximum Gasteiger partial charge on any atom is 0.277 e. The molecule has 2 rings (SSSR count). The van der Waals surface area contributed by atoms with Crippen molar-refractivity contribution in [3.8, 4) is 17.2 Å². The van der Waals surface area contributed by atoms with E-state index < -0.39 is 0 Å². The lowest BCUT2D eigenvalue weighted by atomic mass is 10.2. The molecule has 0 saturated heterocycles. The molecule has 28 heavy (non-hydrogen) atoms. The van der Waals surface area contributed by atoms with E-state index >= 15 is 0 Å². The number of hydrazone groups is 1. The van der Waals surface area contributed by atoms with Crippen molar-refractivity contribution in [2.24, 2.45) is 5.10 Å². The number of hydrogen-bond donors (Lipinski definition) is 1. The highest BCUT2D eigenvalue weighted by molar-refractivity contribution is 9.10. The van der Waals surface area contributed by atoms with Crippen LogP contribution in [-0.2, 0) is 4.79 Å². The summed E-state index contributed by atoms with van der Waals surface area (Å²) in [6, 6.07) is 12.8. The van der Waals surface area contributed by atoms with Crippen LogP contribution in [0.3, 0.4) is 0 Å². The Morgan fingerprint density at radius 1 is 1.00 bits per heavy atom. The average Bonchev–Trinajstić information content (AvgIpc) is 2.71. The molecule has 0 bridgehead atoms. The van der Waals surface area contributed by atoms with Gasteiger partial charge in [-0.3, -0.25) is 4.79 Å². The molecule has 0 fully saturated rings. The third-order valence-corrected chi connectivity index (χ3v) is 4.02. The molecular weight excluding hydrogens is 424 g/mol. The summed E-state index contributed by atoms with van der Waals surface area (Å²) >= 11 is 3.35. The normalized spacial score (nSPS) is 10.7. The number of rotatable bonds is 11. The van der Waals surface area contributed by atoms with E-state index in [1.54, 1.807) is 18.3 Å². The summed E-state index contributed by atoms with van der Waals surface area (Å²) in [5, 5.41) is 4.00. The summed E-state index contributed by atoms with van der Waals surface area (Å²) in [5.41, 5.74) is 3.21. The van der Waals surface area contributed by atoms with Crippen LogP contribution in [0.2, 0.25) is 0 Å². The molecule has 0 aliphatic rings. The number of amides is 1. The zero-order valence-corrected chi connectivity index (χ0v) is 17.7. The number of benzene rings is 2. The van der Waals surface area contributed by atoms with Gasteiger partial charge in [0.15, 0.2) is 6.61 Å². The van der Waals surface area contributed by atoms with Gasteiger partial charge in [-0.1, -0.05) is 29.8 Å². The first-order valence-corrected chi connectivity index (χ1v) is 10.0. The first-order valence-electron chi connectivity index (χ1n) is 9.22. The molecule has 0 spiro atoms. The van der Waals surface area contributed by atoms with Gasteiger partial charge in [0.05, 0.1) is 19.4 Å². The van der Waals surface area contributed by atoms with Crippen molar-refractivity contribution in [3.63, 3.8) is 0 Å². The fourth-order valence-corrected chi connectivity index (χ4v) is 2.42. The summed E-state index contributed by atoms with van der Waals surface area (Å²) in [6.45, 7) is 5.21. The SMILES string of the molecule is CCCOc1ccc(/C=N/NC(=O)COc2ccc(Br)cc2)c(OCCC)c1. The topological polar surface area (TPSA) is 69.2 Å². The molecular formula is C21H25BrN2O4. The molecule has 0 saturated carbocycles. The number of nitrogens with zero attached hydrogens (tertiary/aromatic N) is 1. The number of carbonyl (C=O) groups excluding carboxylic acids is 1. The zero-order chi connectivity index (χ0) is 20.2. The Morgan fingerprint density at radius 2 is 1.68 bits per heavy atom. The molecule has 0 heterocycles. The second kappa shape index (κ2) is 12.0. The lowest BCUT2D eigenvalue weighted by molar-refractivity contribution is -0.123. The fraction of sp³-hybridized carbons (Fsp3) is 0.333. The highest BCUT2D eigenvalue weighted by atomic mass is 79.9. The molecule has 2 aromatic carbocycles. The number of nitrogens with one attached hydrogen (secondary N) is 1. The smallest absolute Gasteiger partial charge is 0.277 e. The predicted molar refractivity (Wildman–Crippen MR) is 113 cm³/mol. The third kappa shape index (κ3) is 7.60. The molecule has 150 valence electrons. The first kappa shape index (κ1) is 21.8. The van der Waals surface area contributed by atoms with Gasteiger partial charge < -0.3 is 14.2 Å². The standard InChI is InChI=1S/C21H25BrN2O4/c1-3-11-26-19-8-5-16(20(13-19)27-12-4-2)14-23-24-21(25)15-28-18-9-6-17(22)7-10-18/h5-10,13-14H,3-4,11-12,15H2,1-2H3,(H,24,25)/b23-14+. The Bertz CT molecular complexity index is 778. The quantitative estimate of drug-likeness (QED) is 0.404. The summed E-state index contributed by atoms with van der Waals surface area (Å²) in [6.07, 6.45) is 3.37. The minimum atomic E-state index is -0.349.